The molecule has 0 aliphatic heterocycles. The van der Waals surface area contributed by atoms with Crippen LogP contribution in [0.5, 0.6) is 0 Å². The summed E-state index contributed by atoms with van der Waals surface area (Å²) in [5, 5.41) is 7.40. The van der Waals surface area contributed by atoms with Crippen LogP contribution in [-0.2, 0) is 5.41 Å². The Kier molecular flexibility index (Phi) is 9.21. The van der Waals surface area contributed by atoms with Gasteiger partial charge in [0, 0.05) is 33.8 Å². The van der Waals surface area contributed by atoms with Gasteiger partial charge in [-0.05, 0) is 152 Å². The van der Waals surface area contributed by atoms with Crippen LogP contribution in [0, 0.1) is 13.8 Å². The van der Waals surface area contributed by atoms with Crippen molar-refractivity contribution in [1.82, 2.24) is 0 Å². The standard InChI is InChI=1S/C63H46N2/c1-43-21-19-31-49(39-43)64(47-27-11-5-12-28-47)51-37-38-56-57(41-51)52-33-15-17-35-54(52)61-60-55-36-18-16-34-53(55)59(65(48-29-13-6-14-30-48)50-32-20-22-44(2)40-50)42-58(60)63(62(56)61,45-23-7-3-8-24-45)46-25-9-4-10-26-46/h3-42H,1-2H3. The van der Waals surface area contributed by atoms with Gasteiger partial charge in [-0.3, -0.25) is 0 Å². The molecule has 11 aromatic carbocycles. The van der Waals surface area contributed by atoms with Crippen molar-refractivity contribution in [2.75, 3.05) is 9.80 Å². The molecule has 0 saturated heterocycles. The van der Waals surface area contributed by atoms with Crippen LogP contribution in [0.15, 0.2) is 243 Å². The maximum Gasteiger partial charge on any atom is 0.0720 e. The number of benzene rings is 11. The fourth-order valence-electron chi connectivity index (χ4n) is 10.9. The van der Waals surface area contributed by atoms with Crippen molar-refractivity contribution in [3.05, 3.63) is 276 Å². The highest BCUT2D eigenvalue weighted by Gasteiger charge is 2.49. The molecule has 0 spiro atoms. The van der Waals surface area contributed by atoms with Gasteiger partial charge in [0.25, 0.3) is 0 Å². The van der Waals surface area contributed by atoms with E-state index in [1.54, 1.807) is 0 Å². The third kappa shape index (κ3) is 6.09. The van der Waals surface area contributed by atoms with Crippen molar-refractivity contribution in [2.24, 2.45) is 0 Å². The predicted molar refractivity (Wildman–Crippen MR) is 275 cm³/mol. The van der Waals surface area contributed by atoms with Crippen LogP contribution in [0.1, 0.15) is 33.4 Å². The Balaban J connectivity index is 1.25. The van der Waals surface area contributed by atoms with Gasteiger partial charge >= 0.3 is 0 Å². The van der Waals surface area contributed by atoms with Crippen LogP contribution in [0.25, 0.3) is 43.4 Å². The fraction of sp³-hybridized carbons (Fsp3) is 0.0476. The van der Waals surface area contributed by atoms with Crippen molar-refractivity contribution in [2.45, 2.75) is 19.3 Å². The Labute approximate surface area is 380 Å². The van der Waals surface area contributed by atoms with E-state index in [0.29, 0.717) is 0 Å². The number of aryl methyl sites for hydroxylation is 2. The first-order valence-electron chi connectivity index (χ1n) is 22.6. The van der Waals surface area contributed by atoms with Crippen molar-refractivity contribution in [3.63, 3.8) is 0 Å². The van der Waals surface area contributed by atoms with E-state index in [1.165, 1.54) is 76.8 Å². The molecule has 0 radical (unpaired) electrons. The molecular weight excluding hydrogens is 785 g/mol. The number of anilines is 6. The molecule has 0 atom stereocenters. The summed E-state index contributed by atoms with van der Waals surface area (Å²) in [4.78, 5) is 4.86. The number of nitrogens with zero attached hydrogens (tertiary/aromatic N) is 2. The molecule has 0 fully saturated rings. The van der Waals surface area contributed by atoms with Gasteiger partial charge < -0.3 is 9.80 Å². The van der Waals surface area contributed by atoms with Gasteiger partial charge in [-0.25, -0.2) is 0 Å². The zero-order valence-corrected chi connectivity index (χ0v) is 36.5. The number of para-hydroxylation sites is 2. The number of fused-ring (bicyclic) bond motifs is 10. The monoisotopic (exact) mass is 830 g/mol. The first-order valence-corrected chi connectivity index (χ1v) is 22.6. The first kappa shape index (κ1) is 38.5. The summed E-state index contributed by atoms with van der Waals surface area (Å²) in [7, 11) is 0. The van der Waals surface area contributed by atoms with E-state index >= 15 is 0 Å². The summed E-state index contributed by atoms with van der Waals surface area (Å²) in [5.74, 6) is 0. The lowest BCUT2D eigenvalue weighted by Crippen LogP contribution is -2.29. The highest BCUT2D eigenvalue weighted by Crippen LogP contribution is 2.63. The minimum atomic E-state index is -0.694. The molecule has 0 saturated carbocycles. The van der Waals surface area contributed by atoms with E-state index < -0.39 is 5.41 Å². The third-order valence-corrected chi connectivity index (χ3v) is 13.5. The second-order valence-corrected chi connectivity index (χ2v) is 17.4. The summed E-state index contributed by atoms with van der Waals surface area (Å²) >= 11 is 0. The molecule has 0 bridgehead atoms. The minimum Gasteiger partial charge on any atom is -0.310 e. The molecule has 0 unspecified atom stereocenters. The van der Waals surface area contributed by atoms with E-state index in [1.807, 2.05) is 0 Å². The van der Waals surface area contributed by atoms with E-state index in [-0.39, 0.29) is 0 Å². The molecule has 12 rings (SSSR count). The molecule has 308 valence electrons. The van der Waals surface area contributed by atoms with E-state index in [4.69, 9.17) is 0 Å². The topological polar surface area (TPSA) is 6.48 Å². The van der Waals surface area contributed by atoms with Crippen LogP contribution in [-0.4, -0.2) is 0 Å². The molecule has 0 N–H and O–H groups in total. The predicted octanol–water partition coefficient (Wildman–Crippen LogP) is 17.1. The van der Waals surface area contributed by atoms with Crippen LogP contribution in [0.3, 0.4) is 0 Å². The zero-order chi connectivity index (χ0) is 43.5. The van der Waals surface area contributed by atoms with Gasteiger partial charge in [-0.15, -0.1) is 0 Å². The molecule has 1 aliphatic rings. The smallest absolute Gasteiger partial charge is 0.0720 e. The molecule has 2 nitrogen and oxygen atoms in total. The Morgan fingerprint density at radius 3 is 1.31 bits per heavy atom. The van der Waals surface area contributed by atoms with Gasteiger partial charge in [-0.2, -0.15) is 0 Å². The maximum atomic E-state index is 2.54. The summed E-state index contributed by atoms with van der Waals surface area (Å²) in [5.41, 5.74) is 16.2. The van der Waals surface area contributed by atoms with E-state index in [0.717, 1.165) is 34.1 Å². The number of rotatable bonds is 8. The average Bonchev–Trinajstić information content (AvgIpc) is 3.68. The maximum absolute atomic E-state index is 2.54. The Bertz CT molecular complexity index is 3520. The summed E-state index contributed by atoms with van der Waals surface area (Å²) < 4.78 is 0. The van der Waals surface area contributed by atoms with Gasteiger partial charge in [0.2, 0.25) is 0 Å². The molecular formula is C63H46N2. The summed E-state index contributed by atoms with van der Waals surface area (Å²) in [6.45, 7) is 4.35. The van der Waals surface area contributed by atoms with Crippen LogP contribution < -0.4 is 9.80 Å². The molecule has 1 aliphatic carbocycles. The number of hydrogen-bond donors (Lipinski definition) is 0. The van der Waals surface area contributed by atoms with Crippen LogP contribution in [0.2, 0.25) is 0 Å². The second-order valence-electron chi connectivity index (χ2n) is 17.4. The molecule has 0 amide bonds. The van der Waals surface area contributed by atoms with Crippen molar-refractivity contribution < 1.29 is 0 Å². The van der Waals surface area contributed by atoms with Crippen molar-refractivity contribution >= 4 is 66.4 Å². The quantitative estimate of drug-likeness (QED) is 0.141. The summed E-state index contributed by atoms with van der Waals surface area (Å²) in [6, 6.07) is 89.8. The number of hydrogen-bond acceptors (Lipinski definition) is 2. The molecule has 0 heterocycles. The lowest BCUT2D eigenvalue weighted by Gasteiger charge is -2.36. The normalized spacial score (nSPS) is 12.6. The van der Waals surface area contributed by atoms with Crippen LogP contribution >= 0.6 is 0 Å². The fourth-order valence-corrected chi connectivity index (χ4v) is 10.9. The van der Waals surface area contributed by atoms with Crippen molar-refractivity contribution in [1.29, 1.82) is 0 Å². The minimum absolute atomic E-state index is 0.694. The largest absolute Gasteiger partial charge is 0.310 e. The Hall–Kier alpha value is -8.20. The SMILES string of the molecule is Cc1cccc(N(c2ccccc2)c2ccc3c4c(c5ccccc5c3c2)-c2c(cc(N(c3ccccc3)c3cccc(C)c3)c3ccccc23)C4(c2ccccc2)c2ccccc2)c1. The highest BCUT2D eigenvalue weighted by atomic mass is 15.1. The lowest BCUT2D eigenvalue weighted by molar-refractivity contribution is 0.776. The summed E-state index contributed by atoms with van der Waals surface area (Å²) in [6.07, 6.45) is 0. The van der Waals surface area contributed by atoms with Crippen molar-refractivity contribution in [3.8, 4) is 11.1 Å². The van der Waals surface area contributed by atoms with Crippen LogP contribution in [0.4, 0.5) is 34.1 Å². The van der Waals surface area contributed by atoms with Gasteiger partial charge in [0.15, 0.2) is 0 Å². The average molecular weight is 831 g/mol. The van der Waals surface area contributed by atoms with E-state index in [2.05, 4.69) is 266 Å². The molecule has 0 aromatic heterocycles. The lowest BCUT2D eigenvalue weighted by atomic mass is 9.66. The zero-order valence-electron chi connectivity index (χ0n) is 36.5. The Morgan fingerprint density at radius 1 is 0.292 bits per heavy atom. The first-order chi connectivity index (χ1) is 32.1. The van der Waals surface area contributed by atoms with E-state index in [9.17, 15) is 0 Å². The Morgan fingerprint density at radius 2 is 0.738 bits per heavy atom. The third-order valence-electron chi connectivity index (χ3n) is 13.5. The molecule has 65 heavy (non-hydrogen) atoms. The highest BCUT2D eigenvalue weighted by molar-refractivity contribution is 6.24. The van der Waals surface area contributed by atoms with Gasteiger partial charge in [0.1, 0.15) is 0 Å². The molecule has 2 heteroatoms. The van der Waals surface area contributed by atoms with Gasteiger partial charge in [0.05, 0.1) is 11.1 Å². The second kappa shape index (κ2) is 15.6. The molecule has 11 aromatic rings. The van der Waals surface area contributed by atoms with Gasteiger partial charge in [-0.1, -0.05) is 176 Å².